The molecular weight excluding hydrogens is 388 g/mol. The molecule has 0 amide bonds. The number of rotatable bonds is 7. The summed E-state index contributed by atoms with van der Waals surface area (Å²) in [5.74, 6) is -0.395. The van der Waals surface area contributed by atoms with E-state index in [1.54, 1.807) is 18.2 Å². The van der Waals surface area contributed by atoms with Crippen LogP contribution in [0.15, 0.2) is 42.5 Å². The van der Waals surface area contributed by atoms with Gasteiger partial charge in [-0.15, -0.1) is 0 Å². The molecule has 2 rings (SSSR count). The number of carbonyl (C=O) groups excluding carboxylic acids is 1. The number of benzene rings is 2. The zero-order valence-electron chi connectivity index (χ0n) is 17.8. The van der Waals surface area contributed by atoms with Crippen molar-refractivity contribution in [3.8, 4) is 0 Å². The first-order valence-corrected chi connectivity index (χ1v) is 11.3. The predicted octanol–water partition coefficient (Wildman–Crippen LogP) is 5.80. The lowest BCUT2D eigenvalue weighted by Gasteiger charge is -2.23. The Hall–Kier alpha value is -2.18. The highest BCUT2D eigenvalue weighted by molar-refractivity contribution is 7.85. The van der Waals surface area contributed by atoms with E-state index in [0.717, 1.165) is 16.7 Å². The van der Waals surface area contributed by atoms with Gasteiger partial charge in [-0.3, -0.25) is 4.55 Å². The van der Waals surface area contributed by atoms with Crippen LogP contribution in [0.2, 0.25) is 0 Å². The van der Waals surface area contributed by atoms with Crippen molar-refractivity contribution >= 4 is 16.1 Å². The Bertz CT molecular complexity index is 931. The third kappa shape index (κ3) is 5.46. The molecule has 0 aliphatic heterocycles. The molecule has 1 atom stereocenters. The van der Waals surface area contributed by atoms with Gasteiger partial charge in [0.2, 0.25) is 0 Å². The maximum Gasteiger partial charge on any atom is 0.340 e. The molecule has 0 bridgehead atoms. The van der Waals surface area contributed by atoms with Gasteiger partial charge in [-0.2, -0.15) is 8.42 Å². The van der Waals surface area contributed by atoms with E-state index in [0.29, 0.717) is 5.56 Å². The van der Waals surface area contributed by atoms with Crippen molar-refractivity contribution in [3.05, 3.63) is 70.3 Å². The number of esters is 1. The molecule has 1 N–H and O–H groups in total. The van der Waals surface area contributed by atoms with E-state index in [1.807, 2.05) is 39.8 Å². The minimum absolute atomic E-state index is 0.0367. The van der Waals surface area contributed by atoms with Crippen LogP contribution < -0.4 is 0 Å². The van der Waals surface area contributed by atoms with Gasteiger partial charge in [-0.1, -0.05) is 84.0 Å². The first kappa shape index (κ1) is 23.1. The third-order valence-electron chi connectivity index (χ3n) is 4.89. The summed E-state index contributed by atoms with van der Waals surface area (Å²) in [7, 11) is -4.65. The molecule has 0 aromatic heterocycles. The SMILES string of the molecule is CC(C)c1cc(C(C)C)c(C(=O)OC(c2ccccc2)S(=O)(=O)O)c(C(C)C)c1. The number of carbonyl (C=O) groups is 1. The fraction of sp³-hybridized carbons (Fsp3) is 0.435. The second-order valence-corrected chi connectivity index (χ2v) is 9.66. The molecule has 0 saturated heterocycles. The molecule has 158 valence electrons. The zero-order valence-corrected chi connectivity index (χ0v) is 18.7. The second kappa shape index (κ2) is 9.09. The fourth-order valence-corrected chi connectivity index (χ4v) is 3.97. The molecule has 2 aromatic rings. The lowest BCUT2D eigenvalue weighted by atomic mass is 9.84. The second-order valence-electron chi connectivity index (χ2n) is 8.20. The van der Waals surface area contributed by atoms with Gasteiger partial charge in [0.25, 0.3) is 5.44 Å². The average molecular weight is 419 g/mol. The molecule has 0 heterocycles. The predicted molar refractivity (Wildman–Crippen MR) is 115 cm³/mol. The summed E-state index contributed by atoms with van der Waals surface area (Å²) in [6.07, 6.45) is 0. The molecule has 29 heavy (non-hydrogen) atoms. The van der Waals surface area contributed by atoms with E-state index >= 15 is 0 Å². The topological polar surface area (TPSA) is 80.7 Å². The van der Waals surface area contributed by atoms with Crippen molar-refractivity contribution in [2.45, 2.75) is 64.7 Å². The number of hydrogen-bond acceptors (Lipinski definition) is 4. The molecule has 0 fully saturated rings. The lowest BCUT2D eigenvalue weighted by molar-refractivity contribution is 0.0424. The Morgan fingerprint density at radius 3 is 1.69 bits per heavy atom. The highest BCUT2D eigenvalue weighted by atomic mass is 32.2. The molecule has 2 aromatic carbocycles. The van der Waals surface area contributed by atoms with Gasteiger partial charge >= 0.3 is 16.1 Å². The summed E-state index contributed by atoms with van der Waals surface area (Å²) in [6.45, 7) is 12.1. The maximum absolute atomic E-state index is 13.2. The largest absolute Gasteiger partial charge is 0.435 e. The van der Waals surface area contributed by atoms with Crippen LogP contribution in [0, 0.1) is 0 Å². The molecular formula is C23H30O5S. The highest BCUT2D eigenvalue weighted by Gasteiger charge is 2.32. The number of hydrogen-bond donors (Lipinski definition) is 1. The van der Waals surface area contributed by atoms with Crippen molar-refractivity contribution in [1.29, 1.82) is 0 Å². The van der Waals surface area contributed by atoms with Gasteiger partial charge < -0.3 is 4.74 Å². The van der Waals surface area contributed by atoms with Crippen LogP contribution in [-0.2, 0) is 14.9 Å². The van der Waals surface area contributed by atoms with E-state index in [1.165, 1.54) is 12.1 Å². The van der Waals surface area contributed by atoms with Crippen LogP contribution in [0.25, 0.3) is 0 Å². The van der Waals surface area contributed by atoms with Crippen LogP contribution in [-0.4, -0.2) is 18.9 Å². The first-order chi connectivity index (χ1) is 13.4. The molecule has 0 spiro atoms. The van der Waals surface area contributed by atoms with Crippen LogP contribution in [0.4, 0.5) is 0 Å². The normalized spacial score (nSPS) is 13.2. The standard InChI is InChI=1S/C23H30O5S/c1-14(2)18-12-19(15(3)4)21(20(13-18)16(5)6)22(24)28-23(29(25,26)27)17-10-8-7-9-11-17/h7-16,23H,1-6H3,(H,25,26,27). The minimum atomic E-state index is -4.65. The van der Waals surface area contributed by atoms with Crippen LogP contribution in [0.1, 0.15) is 97.3 Å². The van der Waals surface area contributed by atoms with E-state index < -0.39 is 21.5 Å². The molecule has 1 unspecified atom stereocenters. The Kier molecular flexibility index (Phi) is 7.25. The molecule has 0 saturated carbocycles. The third-order valence-corrected chi connectivity index (χ3v) is 5.80. The summed E-state index contributed by atoms with van der Waals surface area (Å²) in [5, 5.41) is 0. The van der Waals surface area contributed by atoms with Crippen LogP contribution >= 0.6 is 0 Å². The summed E-state index contributed by atoms with van der Waals surface area (Å²) < 4.78 is 39.0. The quantitative estimate of drug-likeness (QED) is 0.454. The van der Waals surface area contributed by atoms with E-state index in [2.05, 4.69) is 13.8 Å². The molecule has 0 aliphatic carbocycles. The Labute approximate surface area is 173 Å². The maximum atomic E-state index is 13.2. The summed E-state index contributed by atoms with van der Waals surface area (Å²) >= 11 is 0. The lowest BCUT2D eigenvalue weighted by Crippen LogP contribution is -2.22. The van der Waals surface area contributed by atoms with Crippen molar-refractivity contribution in [3.63, 3.8) is 0 Å². The fourth-order valence-electron chi connectivity index (χ4n) is 3.26. The summed E-state index contributed by atoms with van der Waals surface area (Å²) in [4.78, 5) is 13.2. The van der Waals surface area contributed by atoms with Gasteiger partial charge in [-0.05, 0) is 34.4 Å². The van der Waals surface area contributed by atoms with Crippen LogP contribution in [0.3, 0.4) is 0 Å². The van der Waals surface area contributed by atoms with Gasteiger partial charge in [0.05, 0.1) is 5.56 Å². The Balaban J connectivity index is 2.61. The Morgan fingerprint density at radius 1 is 0.828 bits per heavy atom. The Morgan fingerprint density at radius 2 is 1.31 bits per heavy atom. The monoisotopic (exact) mass is 418 g/mol. The highest BCUT2D eigenvalue weighted by Crippen LogP contribution is 2.34. The first-order valence-electron chi connectivity index (χ1n) is 9.83. The van der Waals surface area contributed by atoms with E-state index in [-0.39, 0.29) is 23.3 Å². The van der Waals surface area contributed by atoms with Gasteiger partial charge in [0, 0.05) is 5.56 Å². The van der Waals surface area contributed by atoms with Crippen molar-refractivity contribution in [2.75, 3.05) is 0 Å². The minimum Gasteiger partial charge on any atom is -0.435 e. The van der Waals surface area contributed by atoms with Crippen molar-refractivity contribution in [1.82, 2.24) is 0 Å². The molecule has 0 radical (unpaired) electrons. The summed E-state index contributed by atoms with van der Waals surface area (Å²) in [5.41, 5.74) is 1.53. The van der Waals surface area contributed by atoms with E-state index in [9.17, 15) is 17.8 Å². The van der Waals surface area contributed by atoms with Crippen molar-refractivity contribution < 1.29 is 22.5 Å². The summed E-state index contributed by atoms with van der Waals surface area (Å²) in [6, 6.07) is 11.9. The van der Waals surface area contributed by atoms with Gasteiger partial charge in [-0.25, -0.2) is 4.79 Å². The van der Waals surface area contributed by atoms with E-state index in [4.69, 9.17) is 4.74 Å². The van der Waals surface area contributed by atoms with Crippen molar-refractivity contribution in [2.24, 2.45) is 0 Å². The average Bonchev–Trinajstić information content (AvgIpc) is 2.64. The molecule has 0 aliphatic rings. The van der Waals surface area contributed by atoms with Crippen LogP contribution in [0.5, 0.6) is 0 Å². The molecule has 5 nitrogen and oxygen atoms in total. The smallest absolute Gasteiger partial charge is 0.340 e. The zero-order chi connectivity index (χ0) is 21.9. The number of ether oxygens (including phenoxy) is 1. The molecule has 6 heteroatoms. The van der Waals surface area contributed by atoms with Gasteiger partial charge in [0.1, 0.15) is 0 Å². The van der Waals surface area contributed by atoms with Gasteiger partial charge in [0.15, 0.2) is 0 Å².